The van der Waals surface area contributed by atoms with Crippen LogP contribution in [0, 0.1) is 5.51 Å². The molecule has 1 radical (unpaired) electrons. The van der Waals surface area contributed by atoms with Gasteiger partial charge in [-0.2, -0.15) is 0 Å². The van der Waals surface area contributed by atoms with Crippen molar-refractivity contribution in [3.63, 3.8) is 0 Å². The van der Waals surface area contributed by atoms with Gasteiger partial charge in [0.2, 0.25) is 0 Å². The van der Waals surface area contributed by atoms with E-state index >= 15 is 0 Å². The molecule has 0 N–H and O–H groups in total. The monoisotopic (exact) mass is 246 g/mol. The molecular formula is C13H12NO2S. The van der Waals surface area contributed by atoms with E-state index in [0.29, 0.717) is 6.61 Å². The summed E-state index contributed by atoms with van der Waals surface area (Å²) in [6.45, 7) is 2.21. The van der Waals surface area contributed by atoms with Crippen LogP contribution in [0.25, 0.3) is 11.3 Å². The third-order valence-electron chi connectivity index (χ3n) is 2.25. The van der Waals surface area contributed by atoms with Crippen LogP contribution < -0.4 is 0 Å². The molecule has 1 heterocycles. The Labute approximate surface area is 104 Å². The van der Waals surface area contributed by atoms with Crippen LogP contribution in [-0.2, 0) is 16.0 Å². The molecule has 87 valence electrons. The second-order valence-electron chi connectivity index (χ2n) is 3.42. The lowest BCUT2D eigenvalue weighted by molar-refractivity contribution is -0.142. The second-order valence-corrected chi connectivity index (χ2v) is 4.30. The number of ether oxygens (including phenoxy) is 1. The minimum absolute atomic E-state index is 0.220. The molecule has 0 aliphatic carbocycles. The summed E-state index contributed by atoms with van der Waals surface area (Å²) in [7, 11) is 0. The average Bonchev–Trinajstić information content (AvgIpc) is 2.78. The van der Waals surface area contributed by atoms with Gasteiger partial charge in [0.15, 0.2) is 5.51 Å². The Hall–Kier alpha value is -1.68. The molecule has 0 saturated heterocycles. The summed E-state index contributed by atoms with van der Waals surface area (Å²) in [4.78, 5) is 16.5. The molecule has 0 fully saturated rings. The van der Waals surface area contributed by atoms with Crippen molar-refractivity contribution in [2.75, 3.05) is 6.61 Å². The first-order valence-corrected chi connectivity index (χ1v) is 6.19. The zero-order valence-corrected chi connectivity index (χ0v) is 10.3. The van der Waals surface area contributed by atoms with Crippen LogP contribution in [0.15, 0.2) is 30.3 Å². The van der Waals surface area contributed by atoms with Crippen molar-refractivity contribution in [1.29, 1.82) is 0 Å². The summed E-state index contributed by atoms with van der Waals surface area (Å²) in [6.07, 6.45) is 0.263. The molecular weight excluding hydrogens is 234 g/mol. The van der Waals surface area contributed by atoms with Crippen molar-refractivity contribution in [1.82, 2.24) is 4.98 Å². The molecule has 0 atom stereocenters. The van der Waals surface area contributed by atoms with Gasteiger partial charge < -0.3 is 4.74 Å². The molecule has 0 bridgehead atoms. The van der Waals surface area contributed by atoms with Crippen LogP contribution in [0.5, 0.6) is 0 Å². The van der Waals surface area contributed by atoms with Gasteiger partial charge in [0, 0.05) is 10.4 Å². The van der Waals surface area contributed by atoms with Gasteiger partial charge in [0.05, 0.1) is 18.7 Å². The maximum atomic E-state index is 11.4. The van der Waals surface area contributed by atoms with Crippen molar-refractivity contribution < 1.29 is 9.53 Å². The van der Waals surface area contributed by atoms with E-state index in [1.54, 1.807) is 6.92 Å². The minimum atomic E-state index is -0.220. The van der Waals surface area contributed by atoms with Crippen LogP contribution >= 0.6 is 11.3 Å². The number of nitrogens with zero attached hydrogens (tertiary/aromatic N) is 1. The van der Waals surface area contributed by atoms with E-state index in [-0.39, 0.29) is 12.4 Å². The first kappa shape index (κ1) is 11.8. The van der Waals surface area contributed by atoms with Gasteiger partial charge in [-0.1, -0.05) is 30.3 Å². The highest BCUT2D eigenvalue weighted by molar-refractivity contribution is 7.09. The third kappa shape index (κ3) is 2.91. The first-order valence-electron chi connectivity index (χ1n) is 5.38. The number of thiazole rings is 1. The van der Waals surface area contributed by atoms with Crippen LogP contribution in [0.2, 0.25) is 0 Å². The van der Waals surface area contributed by atoms with Crippen LogP contribution in [0.1, 0.15) is 11.8 Å². The lowest BCUT2D eigenvalue weighted by Gasteiger charge is -2.02. The van der Waals surface area contributed by atoms with Crippen molar-refractivity contribution in [2.45, 2.75) is 13.3 Å². The van der Waals surface area contributed by atoms with E-state index < -0.39 is 0 Å². The fraction of sp³-hybridized carbons (Fsp3) is 0.231. The molecule has 0 aliphatic rings. The highest BCUT2D eigenvalue weighted by Gasteiger charge is 2.13. The molecule has 0 aliphatic heterocycles. The first-order chi connectivity index (χ1) is 8.31. The Morgan fingerprint density at radius 1 is 1.41 bits per heavy atom. The SMILES string of the molecule is CCOC(=O)Cc1s[c]nc1-c1ccccc1. The maximum Gasteiger partial charge on any atom is 0.311 e. The molecule has 0 saturated carbocycles. The smallest absolute Gasteiger partial charge is 0.311 e. The van der Waals surface area contributed by atoms with Crippen molar-refractivity contribution in [3.05, 3.63) is 40.7 Å². The Bertz CT molecular complexity index is 493. The van der Waals surface area contributed by atoms with E-state index in [1.807, 2.05) is 30.3 Å². The summed E-state index contributed by atoms with van der Waals surface area (Å²) >= 11 is 1.36. The number of rotatable bonds is 4. The van der Waals surface area contributed by atoms with Gasteiger partial charge in [0.1, 0.15) is 0 Å². The molecule has 0 spiro atoms. The second kappa shape index (κ2) is 5.59. The molecule has 4 heteroatoms. The predicted octanol–water partition coefficient (Wildman–Crippen LogP) is 2.72. The quantitative estimate of drug-likeness (QED) is 0.779. The maximum absolute atomic E-state index is 11.4. The molecule has 1 aromatic carbocycles. The van der Waals surface area contributed by atoms with Gasteiger partial charge in [-0.05, 0) is 6.92 Å². The summed E-state index contributed by atoms with van der Waals surface area (Å²) in [6, 6.07) is 9.78. The van der Waals surface area contributed by atoms with Gasteiger partial charge in [-0.15, -0.1) is 11.3 Å². The summed E-state index contributed by atoms with van der Waals surface area (Å²) in [5.74, 6) is -0.220. The number of carbonyl (C=O) groups excluding carboxylic acids is 1. The Morgan fingerprint density at radius 2 is 2.18 bits per heavy atom. The van der Waals surface area contributed by atoms with Crippen molar-refractivity contribution in [3.8, 4) is 11.3 Å². The number of hydrogen-bond acceptors (Lipinski definition) is 4. The van der Waals surface area contributed by atoms with Gasteiger partial charge in [0.25, 0.3) is 0 Å². The van der Waals surface area contributed by atoms with E-state index in [4.69, 9.17) is 4.74 Å². The predicted molar refractivity (Wildman–Crippen MR) is 66.7 cm³/mol. The zero-order valence-electron chi connectivity index (χ0n) is 9.47. The van der Waals surface area contributed by atoms with Crippen molar-refractivity contribution >= 4 is 17.3 Å². The Balaban J connectivity index is 2.20. The standard InChI is InChI=1S/C13H12NO2S/c1-2-16-12(15)8-11-13(14-9-17-11)10-6-4-3-5-7-10/h3-7H,2,8H2,1H3. The van der Waals surface area contributed by atoms with Gasteiger partial charge >= 0.3 is 5.97 Å². The summed E-state index contributed by atoms with van der Waals surface area (Å²) < 4.78 is 4.93. The van der Waals surface area contributed by atoms with Gasteiger partial charge in [-0.3, -0.25) is 4.79 Å². The summed E-state index contributed by atoms with van der Waals surface area (Å²) in [5.41, 5.74) is 4.66. The third-order valence-corrected chi connectivity index (χ3v) is 3.01. The molecule has 3 nitrogen and oxygen atoms in total. The van der Waals surface area contributed by atoms with E-state index in [0.717, 1.165) is 16.1 Å². The number of benzene rings is 1. The molecule has 2 rings (SSSR count). The number of aromatic nitrogens is 1. The fourth-order valence-electron chi connectivity index (χ4n) is 1.52. The molecule has 2 aromatic rings. The largest absolute Gasteiger partial charge is 0.466 e. The van der Waals surface area contributed by atoms with Crippen molar-refractivity contribution in [2.24, 2.45) is 0 Å². The van der Waals surface area contributed by atoms with Crippen LogP contribution in [0.3, 0.4) is 0 Å². The molecule has 0 amide bonds. The lowest BCUT2D eigenvalue weighted by atomic mass is 10.1. The Morgan fingerprint density at radius 3 is 2.88 bits per heavy atom. The number of carbonyl (C=O) groups is 1. The lowest BCUT2D eigenvalue weighted by Crippen LogP contribution is -2.07. The molecule has 1 aromatic heterocycles. The van der Waals surface area contributed by atoms with E-state index in [1.165, 1.54) is 11.3 Å². The number of hydrogen-bond donors (Lipinski definition) is 0. The van der Waals surface area contributed by atoms with Gasteiger partial charge in [-0.25, -0.2) is 4.98 Å². The van der Waals surface area contributed by atoms with Crippen LogP contribution in [0.4, 0.5) is 0 Å². The Kier molecular flexibility index (Phi) is 3.88. The fourth-order valence-corrected chi connectivity index (χ4v) is 2.22. The highest BCUT2D eigenvalue weighted by atomic mass is 32.1. The highest BCUT2D eigenvalue weighted by Crippen LogP contribution is 2.25. The van der Waals surface area contributed by atoms with Crippen LogP contribution in [-0.4, -0.2) is 17.6 Å². The molecule has 0 unspecified atom stereocenters. The normalized spacial score (nSPS) is 10.2. The topological polar surface area (TPSA) is 39.2 Å². The van der Waals surface area contributed by atoms with E-state index in [2.05, 4.69) is 10.5 Å². The molecule has 17 heavy (non-hydrogen) atoms. The minimum Gasteiger partial charge on any atom is -0.466 e. The zero-order chi connectivity index (χ0) is 12.1. The summed E-state index contributed by atoms with van der Waals surface area (Å²) in [5, 5.41) is 0. The number of esters is 1. The average molecular weight is 246 g/mol. The van der Waals surface area contributed by atoms with E-state index in [9.17, 15) is 4.79 Å².